The van der Waals surface area contributed by atoms with Gasteiger partial charge in [0.2, 0.25) is 0 Å². The first kappa shape index (κ1) is 9.62. The molecular formula is C11H14FNO. The van der Waals surface area contributed by atoms with Gasteiger partial charge in [-0.25, -0.2) is 4.39 Å². The summed E-state index contributed by atoms with van der Waals surface area (Å²) in [6.07, 6.45) is 0. The molecule has 1 aromatic carbocycles. The van der Waals surface area contributed by atoms with E-state index in [0.717, 1.165) is 5.56 Å². The van der Waals surface area contributed by atoms with Crippen LogP contribution in [0.5, 0.6) is 0 Å². The molecule has 0 spiro atoms. The highest BCUT2D eigenvalue weighted by molar-refractivity contribution is 5.31. The van der Waals surface area contributed by atoms with Crippen LogP contribution in [-0.2, 0) is 10.3 Å². The molecule has 0 aliphatic carbocycles. The largest absolute Gasteiger partial charge is 0.377 e. The summed E-state index contributed by atoms with van der Waals surface area (Å²) < 4.78 is 18.3. The van der Waals surface area contributed by atoms with Crippen LogP contribution in [0, 0.1) is 12.7 Å². The molecule has 1 saturated heterocycles. The van der Waals surface area contributed by atoms with Crippen LogP contribution in [0.2, 0.25) is 0 Å². The van der Waals surface area contributed by atoms with Gasteiger partial charge < -0.3 is 10.1 Å². The monoisotopic (exact) mass is 195 g/mol. The fourth-order valence-electron chi connectivity index (χ4n) is 1.70. The van der Waals surface area contributed by atoms with E-state index in [2.05, 4.69) is 5.32 Å². The van der Waals surface area contributed by atoms with Crippen molar-refractivity contribution in [1.82, 2.24) is 5.32 Å². The Labute approximate surface area is 83.1 Å². The number of hydrogen-bond acceptors (Lipinski definition) is 2. The van der Waals surface area contributed by atoms with Crippen LogP contribution in [0.1, 0.15) is 11.1 Å². The zero-order valence-corrected chi connectivity index (χ0v) is 8.43. The van der Waals surface area contributed by atoms with Gasteiger partial charge in [0.05, 0.1) is 18.8 Å². The SMILES string of the molecule is CNC1(c2ccc(F)c(C)c2)COC1. The molecule has 2 rings (SSSR count). The molecule has 0 atom stereocenters. The van der Waals surface area contributed by atoms with Crippen LogP contribution in [-0.4, -0.2) is 20.3 Å². The van der Waals surface area contributed by atoms with Gasteiger partial charge >= 0.3 is 0 Å². The predicted molar refractivity (Wildman–Crippen MR) is 52.7 cm³/mol. The minimum atomic E-state index is -0.153. The number of rotatable bonds is 2. The molecule has 3 heteroatoms. The van der Waals surface area contributed by atoms with Crippen LogP contribution in [0.3, 0.4) is 0 Å². The topological polar surface area (TPSA) is 21.3 Å². The molecule has 0 unspecified atom stereocenters. The van der Waals surface area contributed by atoms with Crippen LogP contribution in [0.25, 0.3) is 0 Å². The molecule has 0 bridgehead atoms. The van der Waals surface area contributed by atoms with Gasteiger partial charge in [0.1, 0.15) is 5.82 Å². The van der Waals surface area contributed by atoms with Crippen molar-refractivity contribution in [3.63, 3.8) is 0 Å². The number of ether oxygens (including phenoxy) is 1. The summed E-state index contributed by atoms with van der Waals surface area (Å²) >= 11 is 0. The zero-order chi connectivity index (χ0) is 10.2. The van der Waals surface area contributed by atoms with E-state index in [1.165, 1.54) is 6.07 Å². The third-order valence-electron chi connectivity index (χ3n) is 2.89. The Morgan fingerprint density at radius 3 is 2.57 bits per heavy atom. The average molecular weight is 195 g/mol. The molecule has 1 fully saturated rings. The predicted octanol–water partition coefficient (Wildman–Crippen LogP) is 1.58. The highest BCUT2D eigenvalue weighted by Gasteiger charge is 2.38. The summed E-state index contributed by atoms with van der Waals surface area (Å²) in [6.45, 7) is 3.10. The maximum atomic E-state index is 13.1. The van der Waals surface area contributed by atoms with E-state index in [9.17, 15) is 4.39 Å². The van der Waals surface area contributed by atoms with Crippen molar-refractivity contribution in [2.45, 2.75) is 12.5 Å². The van der Waals surface area contributed by atoms with E-state index in [1.807, 2.05) is 19.2 Å². The molecule has 0 saturated carbocycles. The number of nitrogens with one attached hydrogen (secondary N) is 1. The zero-order valence-electron chi connectivity index (χ0n) is 8.43. The summed E-state index contributed by atoms with van der Waals surface area (Å²) in [6, 6.07) is 5.22. The molecule has 14 heavy (non-hydrogen) atoms. The fraction of sp³-hybridized carbons (Fsp3) is 0.455. The molecule has 0 radical (unpaired) electrons. The summed E-state index contributed by atoms with van der Waals surface area (Å²) in [7, 11) is 1.90. The Bertz CT molecular complexity index is 342. The summed E-state index contributed by atoms with van der Waals surface area (Å²) in [5.74, 6) is -0.153. The highest BCUT2D eigenvalue weighted by atomic mass is 19.1. The van der Waals surface area contributed by atoms with Gasteiger partial charge in [-0.2, -0.15) is 0 Å². The average Bonchev–Trinajstić information content (AvgIpc) is 2.10. The van der Waals surface area contributed by atoms with Crippen molar-refractivity contribution in [3.8, 4) is 0 Å². The molecule has 2 nitrogen and oxygen atoms in total. The van der Waals surface area contributed by atoms with Crippen molar-refractivity contribution in [3.05, 3.63) is 35.1 Å². The van der Waals surface area contributed by atoms with Gasteiger partial charge in [-0.1, -0.05) is 12.1 Å². The quantitative estimate of drug-likeness (QED) is 0.773. The van der Waals surface area contributed by atoms with Crippen LogP contribution in [0.15, 0.2) is 18.2 Å². The molecule has 1 aliphatic rings. The lowest BCUT2D eigenvalue weighted by atomic mass is 9.87. The summed E-state index contributed by atoms with van der Waals surface area (Å²) in [4.78, 5) is 0. The van der Waals surface area contributed by atoms with Crippen molar-refractivity contribution in [1.29, 1.82) is 0 Å². The normalized spacial score (nSPS) is 19.1. The number of benzene rings is 1. The van der Waals surface area contributed by atoms with Crippen LogP contribution in [0.4, 0.5) is 4.39 Å². The minimum absolute atomic E-state index is 0.0988. The number of hydrogen-bond donors (Lipinski definition) is 1. The maximum absolute atomic E-state index is 13.1. The van der Waals surface area contributed by atoms with Gasteiger partial charge in [-0.15, -0.1) is 0 Å². The van der Waals surface area contributed by atoms with E-state index >= 15 is 0 Å². The van der Waals surface area contributed by atoms with Crippen molar-refractivity contribution >= 4 is 0 Å². The van der Waals surface area contributed by atoms with E-state index in [1.54, 1.807) is 6.92 Å². The van der Waals surface area contributed by atoms with Crippen molar-refractivity contribution in [2.24, 2.45) is 0 Å². The highest BCUT2D eigenvalue weighted by Crippen LogP contribution is 2.29. The Balaban J connectivity index is 2.36. The van der Waals surface area contributed by atoms with Gasteiger partial charge in [0, 0.05) is 0 Å². The Kier molecular flexibility index (Phi) is 2.29. The van der Waals surface area contributed by atoms with Crippen LogP contribution >= 0.6 is 0 Å². The van der Waals surface area contributed by atoms with Crippen molar-refractivity contribution < 1.29 is 9.13 Å². The fourth-order valence-corrected chi connectivity index (χ4v) is 1.70. The second-order valence-corrected chi connectivity index (χ2v) is 3.79. The van der Waals surface area contributed by atoms with Crippen LogP contribution < -0.4 is 5.32 Å². The molecule has 1 aliphatic heterocycles. The number of aryl methyl sites for hydroxylation is 1. The van der Waals surface area contributed by atoms with Gasteiger partial charge in [0.15, 0.2) is 0 Å². The first-order chi connectivity index (χ1) is 6.68. The summed E-state index contributed by atoms with van der Waals surface area (Å²) in [5, 5.41) is 3.23. The standard InChI is InChI=1S/C11H14FNO/c1-8-5-9(3-4-10(8)12)11(13-2)6-14-7-11/h3-5,13H,6-7H2,1-2H3. The first-order valence-electron chi connectivity index (χ1n) is 4.71. The molecule has 0 aromatic heterocycles. The lowest BCUT2D eigenvalue weighted by molar-refractivity contribution is -0.0748. The molecular weight excluding hydrogens is 181 g/mol. The van der Waals surface area contributed by atoms with Crippen molar-refractivity contribution in [2.75, 3.05) is 20.3 Å². The second kappa shape index (κ2) is 3.33. The third-order valence-corrected chi connectivity index (χ3v) is 2.89. The lowest BCUT2D eigenvalue weighted by Crippen LogP contribution is -2.56. The van der Waals surface area contributed by atoms with E-state index in [0.29, 0.717) is 18.8 Å². The molecule has 0 amide bonds. The first-order valence-corrected chi connectivity index (χ1v) is 4.71. The van der Waals surface area contributed by atoms with E-state index < -0.39 is 0 Å². The molecule has 1 heterocycles. The third kappa shape index (κ3) is 1.33. The molecule has 1 aromatic rings. The Hall–Kier alpha value is -0.930. The lowest BCUT2D eigenvalue weighted by Gasteiger charge is -2.41. The Morgan fingerprint density at radius 1 is 1.43 bits per heavy atom. The van der Waals surface area contributed by atoms with E-state index in [-0.39, 0.29) is 11.4 Å². The van der Waals surface area contributed by atoms with Gasteiger partial charge in [-0.3, -0.25) is 0 Å². The summed E-state index contributed by atoms with van der Waals surface area (Å²) in [5.41, 5.74) is 1.69. The van der Waals surface area contributed by atoms with Gasteiger partial charge in [0.25, 0.3) is 0 Å². The smallest absolute Gasteiger partial charge is 0.126 e. The number of likely N-dealkylation sites (N-methyl/N-ethyl adjacent to an activating group) is 1. The maximum Gasteiger partial charge on any atom is 0.126 e. The van der Waals surface area contributed by atoms with Gasteiger partial charge in [-0.05, 0) is 31.2 Å². The minimum Gasteiger partial charge on any atom is -0.377 e. The Morgan fingerprint density at radius 2 is 2.14 bits per heavy atom. The molecule has 1 N–H and O–H groups in total. The molecule has 76 valence electrons. The number of halogens is 1. The van der Waals surface area contributed by atoms with E-state index in [4.69, 9.17) is 4.74 Å². The second-order valence-electron chi connectivity index (χ2n) is 3.79.